The molecule has 1 aromatic rings. The molecule has 0 aromatic carbocycles. The summed E-state index contributed by atoms with van der Waals surface area (Å²) >= 11 is 6.30. The number of anilines is 1. The Balaban J connectivity index is 1.50. The summed E-state index contributed by atoms with van der Waals surface area (Å²) in [7, 11) is 0. The fourth-order valence-electron chi connectivity index (χ4n) is 4.12. The van der Waals surface area contributed by atoms with Crippen LogP contribution in [0.1, 0.15) is 56.5 Å². The summed E-state index contributed by atoms with van der Waals surface area (Å²) < 4.78 is 5.47. The number of ether oxygens (including phenoxy) is 1. The number of pyridine rings is 1. The summed E-state index contributed by atoms with van der Waals surface area (Å²) in [5.41, 5.74) is 1.11. The molecule has 1 saturated carbocycles. The van der Waals surface area contributed by atoms with Gasteiger partial charge < -0.3 is 19.4 Å². The van der Waals surface area contributed by atoms with Crippen LogP contribution in [-0.2, 0) is 11.3 Å². The van der Waals surface area contributed by atoms with Gasteiger partial charge in [-0.1, -0.05) is 11.6 Å². The van der Waals surface area contributed by atoms with Crippen LogP contribution in [0.5, 0.6) is 0 Å². The molecule has 3 aliphatic rings. The SMILES string of the molecule is CC(C1CC1)N1Cc2cc(Cl)nc(N3CCN(C(=O)OC(C)(C)C)CC3)c2C1=O. The molecule has 1 aliphatic carbocycles. The average molecular weight is 421 g/mol. The minimum Gasteiger partial charge on any atom is -0.444 e. The van der Waals surface area contributed by atoms with Crippen LogP contribution < -0.4 is 4.90 Å². The number of carbonyl (C=O) groups is 2. The normalized spacial score (nSPS) is 20.7. The predicted octanol–water partition coefficient (Wildman–Crippen LogP) is 3.55. The first-order valence-electron chi connectivity index (χ1n) is 10.4. The zero-order valence-electron chi connectivity index (χ0n) is 17.6. The smallest absolute Gasteiger partial charge is 0.410 e. The number of aromatic nitrogens is 1. The average Bonchev–Trinajstić information content (AvgIpc) is 3.44. The maximum Gasteiger partial charge on any atom is 0.410 e. The number of piperazine rings is 1. The van der Waals surface area contributed by atoms with E-state index in [1.54, 1.807) is 4.90 Å². The van der Waals surface area contributed by atoms with E-state index in [1.807, 2.05) is 31.7 Å². The van der Waals surface area contributed by atoms with Crippen molar-refractivity contribution in [2.45, 2.75) is 58.7 Å². The molecule has 1 aromatic heterocycles. The second-order valence-corrected chi connectivity index (χ2v) is 9.66. The zero-order valence-corrected chi connectivity index (χ0v) is 18.3. The lowest BCUT2D eigenvalue weighted by Gasteiger charge is -2.36. The van der Waals surface area contributed by atoms with Crippen molar-refractivity contribution < 1.29 is 14.3 Å². The van der Waals surface area contributed by atoms with Crippen molar-refractivity contribution in [3.05, 3.63) is 22.3 Å². The molecule has 0 spiro atoms. The van der Waals surface area contributed by atoms with E-state index in [2.05, 4.69) is 16.8 Å². The minimum atomic E-state index is -0.516. The number of carbonyl (C=O) groups excluding carboxylic acids is 2. The zero-order chi connectivity index (χ0) is 20.9. The molecule has 8 heteroatoms. The fraction of sp³-hybridized carbons (Fsp3) is 0.667. The maximum absolute atomic E-state index is 13.2. The number of amides is 2. The number of hydrogen-bond acceptors (Lipinski definition) is 5. The van der Waals surface area contributed by atoms with E-state index in [0.29, 0.717) is 55.2 Å². The molecule has 3 heterocycles. The van der Waals surface area contributed by atoms with Gasteiger partial charge in [-0.25, -0.2) is 9.78 Å². The second kappa shape index (κ2) is 7.35. The van der Waals surface area contributed by atoms with E-state index in [4.69, 9.17) is 16.3 Å². The first-order valence-corrected chi connectivity index (χ1v) is 10.7. The Bertz CT molecular complexity index is 826. The van der Waals surface area contributed by atoms with Gasteiger partial charge in [-0.3, -0.25) is 4.79 Å². The van der Waals surface area contributed by atoms with Crippen molar-refractivity contribution in [2.75, 3.05) is 31.1 Å². The number of halogens is 1. The molecular formula is C21H29ClN4O3. The van der Waals surface area contributed by atoms with Crippen molar-refractivity contribution in [1.82, 2.24) is 14.8 Å². The van der Waals surface area contributed by atoms with E-state index in [0.717, 1.165) is 5.56 Å². The van der Waals surface area contributed by atoms with E-state index >= 15 is 0 Å². The Morgan fingerprint density at radius 1 is 1.24 bits per heavy atom. The third-order valence-electron chi connectivity index (χ3n) is 5.89. The lowest BCUT2D eigenvalue weighted by atomic mass is 10.1. The quantitative estimate of drug-likeness (QED) is 0.699. The van der Waals surface area contributed by atoms with Gasteiger partial charge in [0.05, 0.1) is 5.56 Å². The van der Waals surface area contributed by atoms with Crippen molar-refractivity contribution in [2.24, 2.45) is 5.92 Å². The van der Waals surface area contributed by atoms with Crippen LogP contribution in [0, 0.1) is 5.92 Å². The Kier molecular flexibility index (Phi) is 5.13. The van der Waals surface area contributed by atoms with E-state index in [1.165, 1.54) is 12.8 Å². The van der Waals surface area contributed by atoms with Crippen LogP contribution in [0.15, 0.2) is 6.07 Å². The molecule has 1 saturated heterocycles. The summed E-state index contributed by atoms with van der Waals surface area (Å²) in [5.74, 6) is 1.30. The standard InChI is InChI=1S/C21H29ClN4O3/c1-13(14-5-6-14)26-12-15-11-16(22)23-18(17(15)19(26)27)24-7-9-25(10-8-24)20(28)29-21(2,3)4/h11,13-14H,5-10,12H2,1-4H3. The Morgan fingerprint density at radius 2 is 1.90 bits per heavy atom. The Labute approximate surface area is 176 Å². The number of rotatable bonds is 3. The van der Waals surface area contributed by atoms with E-state index in [-0.39, 0.29) is 18.0 Å². The lowest BCUT2D eigenvalue weighted by molar-refractivity contribution is 0.0240. The van der Waals surface area contributed by atoms with Crippen molar-refractivity contribution >= 4 is 29.4 Å². The van der Waals surface area contributed by atoms with E-state index in [9.17, 15) is 9.59 Å². The topological polar surface area (TPSA) is 66.0 Å². The summed E-state index contributed by atoms with van der Waals surface area (Å²) in [5, 5.41) is 0.405. The molecule has 0 N–H and O–H groups in total. The molecule has 29 heavy (non-hydrogen) atoms. The van der Waals surface area contributed by atoms with E-state index < -0.39 is 5.60 Å². The van der Waals surface area contributed by atoms with Gasteiger partial charge in [-0.05, 0) is 58.1 Å². The number of fused-ring (bicyclic) bond motifs is 1. The number of nitrogens with zero attached hydrogens (tertiary/aromatic N) is 4. The third kappa shape index (κ3) is 4.15. The van der Waals surface area contributed by atoms with Gasteiger partial charge in [0, 0.05) is 38.8 Å². The van der Waals surface area contributed by atoms with Crippen molar-refractivity contribution in [1.29, 1.82) is 0 Å². The highest BCUT2D eigenvalue weighted by Gasteiger charge is 2.41. The Morgan fingerprint density at radius 3 is 2.48 bits per heavy atom. The lowest BCUT2D eigenvalue weighted by Crippen LogP contribution is -2.50. The van der Waals surface area contributed by atoms with Gasteiger partial charge in [-0.15, -0.1) is 0 Å². The first kappa shape index (κ1) is 20.3. The molecule has 1 unspecified atom stereocenters. The van der Waals surface area contributed by atoms with Gasteiger partial charge in [0.25, 0.3) is 5.91 Å². The largest absolute Gasteiger partial charge is 0.444 e. The predicted molar refractivity (Wildman–Crippen MR) is 111 cm³/mol. The molecule has 158 valence electrons. The molecule has 2 aliphatic heterocycles. The van der Waals surface area contributed by atoms with Crippen LogP contribution in [0.4, 0.5) is 10.6 Å². The monoisotopic (exact) mass is 420 g/mol. The molecule has 0 bridgehead atoms. The molecule has 2 amide bonds. The summed E-state index contributed by atoms with van der Waals surface area (Å²) in [6, 6.07) is 2.06. The molecule has 1 atom stereocenters. The Hall–Kier alpha value is -2.02. The molecule has 0 radical (unpaired) electrons. The van der Waals surface area contributed by atoms with Gasteiger partial charge >= 0.3 is 6.09 Å². The van der Waals surface area contributed by atoms with Gasteiger partial charge in [0.2, 0.25) is 0 Å². The highest BCUT2D eigenvalue weighted by molar-refractivity contribution is 6.29. The molecule has 2 fully saturated rings. The second-order valence-electron chi connectivity index (χ2n) is 9.27. The van der Waals surface area contributed by atoms with Gasteiger partial charge in [-0.2, -0.15) is 0 Å². The van der Waals surface area contributed by atoms with Gasteiger partial charge in [0.1, 0.15) is 16.6 Å². The van der Waals surface area contributed by atoms with Crippen molar-refractivity contribution in [3.63, 3.8) is 0 Å². The highest BCUT2D eigenvalue weighted by Crippen LogP contribution is 2.40. The first-order chi connectivity index (χ1) is 13.6. The van der Waals surface area contributed by atoms with Crippen LogP contribution in [0.25, 0.3) is 0 Å². The fourth-order valence-corrected chi connectivity index (χ4v) is 4.34. The highest BCUT2D eigenvalue weighted by atomic mass is 35.5. The maximum atomic E-state index is 13.2. The summed E-state index contributed by atoms with van der Waals surface area (Å²) in [6.07, 6.45) is 2.08. The third-order valence-corrected chi connectivity index (χ3v) is 6.09. The van der Waals surface area contributed by atoms with Crippen LogP contribution in [0.3, 0.4) is 0 Å². The molecule has 7 nitrogen and oxygen atoms in total. The molecule has 4 rings (SSSR count). The molecular weight excluding hydrogens is 392 g/mol. The van der Waals surface area contributed by atoms with Crippen LogP contribution >= 0.6 is 11.6 Å². The van der Waals surface area contributed by atoms with Gasteiger partial charge in [0.15, 0.2) is 0 Å². The number of hydrogen-bond donors (Lipinski definition) is 0. The summed E-state index contributed by atoms with van der Waals surface area (Å²) in [6.45, 7) is 10.5. The van der Waals surface area contributed by atoms with Crippen LogP contribution in [-0.4, -0.2) is 64.6 Å². The van der Waals surface area contributed by atoms with Crippen LogP contribution in [0.2, 0.25) is 5.15 Å². The summed E-state index contributed by atoms with van der Waals surface area (Å²) in [4.78, 5) is 35.8. The minimum absolute atomic E-state index is 0.0492. The van der Waals surface area contributed by atoms with Crippen molar-refractivity contribution in [3.8, 4) is 0 Å².